The average molecular weight is 245 g/mol. The van der Waals surface area contributed by atoms with E-state index in [0.717, 1.165) is 10.6 Å². The van der Waals surface area contributed by atoms with E-state index in [1.807, 2.05) is 12.1 Å². The van der Waals surface area contributed by atoms with Gasteiger partial charge in [-0.05, 0) is 24.6 Å². The molecule has 17 heavy (non-hydrogen) atoms. The Balaban J connectivity index is 2.02. The normalized spacial score (nSPS) is 10.2. The van der Waals surface area contributed by atoms with Crippen molar-refractivity contribution in [2.45, 2.75) is 17.6 Å². The highest BCUT2D eigenvalue weighted by molar-refractivity contribution is 7.98. The Hall–Kier alpha value is -1.52. The number of hydrogen-bond acceptors (Lipinski definition) is 4. The van der Waals surface area contributed by atoms with E-state index in [2.05, 4.69) is 41.6 Å². The van der Waals surface area contributed by atoms with Gasteiger partial charge in [0.05, 0.1) is 0 Å². The second-order valence-electron chi connectivity index (χ2n) is 3.80. The molecule has 0 atom stereocenters. The van der Waals surface area contributed by atoms with E-state index in [1.54, 1.807) is 18.0 Å². The van der Waals surface area contributed by atoms with Crippen molar-refractivity contribution in [2.24, 2.45) is 5.84 Å². The van der Waals surface area contributed by atoms with E-state index in [9.17, 15) is 0 Å². The van der Waals surface area contributed by atoms with Crippen molar-refractivity contribution in [3.05, 3.63) is 53.7 Å². The van der Waals surface area contributed by atoms with Gasteiger partial charge in [0, 0.05) is 16.8 Å². The van der Waals surface area contributed by atoms with E-state index in [1.165, 1.54) is 11.1 Å². The molecule has 0 bridgehead atoms. The maximum atomic E-state index is 5.32. The van der Waals surface area contributed by atoms with Crippen LogP contribution >= 0.6 is 11.8 Å². The number of hydrogen-bond donors (Lipinski definition) is 2. The van der Waals surface area contributed by atoms with Crippen LogP contribution in [0.15, 0.2) is 47.5 Å². The molecule has 0 unspecified atom stereocenters. The zero-order chi connectivity index (χ0) is 12.1. The van der Waals surface area contributed by atoms with Crippen LogP contribution in [0, 0.1) is 6.92 Å². The predicted molar refractivity (Wildman–Crippen MR) is 72.8 cm³/mol. The average Bonchev–Trinajstić information content (AvgIpc) is 2.37. The van der Waals surface area contributed by atoms with Crippen LogP contribution in [0.4, 0.5) is 5.82 Å². The molecule has 88 valence electrons. The van der Waals surface area contributed by atoms with Crippen LogP contribution in [0.25, 0.3) is 0 Å². The van der Waals surface area contributed by atoms with E-state index in [4.69, 9.17) is 5.84 Å². The minimum absolute atomic E-state index is 0.694. The fourth-order valence-electron chi connectivity index (χ4n) is 1.55. The Labute approximate surface area is 105 Å². The molecule has 0 aliphatic heterocycles. The number of benzene rings is 1. The van der Waals surface area contributed by atoms with Crippen molar-refractivity contribution < 1.29 is 0 Å². The fourth-order valence-corrected chi connectivity index (χ4v) is 2.41. The molecular formula is C13H15N3S. The molecule has 0 saturated carbocycles. The highest BCUT2D eigenvalue weighted by Gasteiger charge is 1.98. The zero-order valence-electron chi connectivity index (χ0n) is 9.68. The molecule has 0 radical (unpaired) electrons. The van der Waals surface area contributed by atoms with Gasteiger partial charge < -0.3 is 5.43 Å². The number of anilines is 1. The molecule has 0 fully saturated rings. The topological polar surface area (TPSA) is 50.9 Å². The molecule has 3 N–H and O–H groups in total. The molecular weight excluding hydrogens is 230 g/mol. The molecule has 1 aromatic carbocycles. The minimum Gasteiger partial charge on any atom is -0.308 e. The van der Waals surface area contributed by atoms with Crippen LogP contribution in [0.1, 0.15) is 11.1 Å². The number of nitrogens with zero attached hydrogens (tertiary/aromatic N) is 1. The molecule has 3 nitrogen and oxygen atoms in total. The largest absolute Gasteiger partial charge is 0.308 e. The first-order valence-electron chi connectivity index (χ1n) is 5.39. The van der Waals surface area contributed by atoms with Gasteiger partial charge in [-0.1, -0.05) is 29.8 Å². The van der Waals surface area contributed by atoms with Crippen molar-refractivity contribution in [1.82, 2.24) is 4.98 Å². The number of hydrazine groups is 1. The molecule has 2 aromatic rings. The van der Waals surface area contributed by atoms with Gasteiger partial charge in [0.25, 0.3) is 0 Å². The SMILES string of the molecule is Cc1cccc(CSc2ccnc(NN)c2)c1. The summed E-state index contributed by atoms with van der Waals surface area (Å²) in [5, 5.41) is 0. The number of aromatic nitrogens is 1. The summed E-state index contributed by atoms with van der Waals surface area (Å²) < 4.78 is 0. The smallest absolute Gasteiger partial charge is 0.140 e. The van der Waals surface area contributed by atoms with Gasteiger partial charge in [0.2, 0.25) is 0 Å². The Morgan fingerprint density at radius 2 is 2.18 bits per heavy atom. The van der Waals surface area contributed by atoms with Gasteiger partial charge in [-0.2, -0.15) is 0 Å². The summed E-state index contributed by atoms with van der Waals surface area (Å²) in [6.07, 6.45) is 1.76. The van der Waals surface area contributed by atoms with E-state index in [-0.39, 0.29) is 0 Å². The minimum atomic E-state index is 0.694. The second-order valence-corrected chi connectivity index (χ2v) is 4.85. The number of nitrogen functional groups attached to an aromatic ring is 1. The molecule has 4 heteroatoms. The Kier molecular flexibility index (Phi) is 4.01. The standard InChI is InChI=1S/C13H15N3S/c1-10-3-2-4-11(7-10)9-17-12-5-6-15-13(8-12)16-14/h2-8H,9,14H2,1H3,(H,15,16). The van der Waals surface area contributed by atoms with Gasteiger partial charge >= 0.3 is 0 Å². The quantitative estimate of drug-likeness (QED) is 0.494. The second kappa shape index (κ2) is 5.70. The maximum Gasteiger partial charge on any atom is 0.140 e. The Morgan fingerprint density at radius 1 is 1.29 bits per heavy atom. The summed E-state index contributed by atoms with van der Waals surface area (Å²) in [4.78, 5) is 5.24. The van der Waals surface area contributed by atoms with Gasteiger partial charge in [-0.15, -0.1) is 11.8 Å². The lowest BCUT2D eigenvalue weighted by Crippen LogP contribution is -2.07. The molecule has 1 aromatic heterocycles. The van der Waals surface area contributed by atoms with E-state index >= 15 is 0 Å². The molecule has 0 saturated heterocycles. The third-order valence-corrected chi connectivity index (χ3v) is 3.43. The number of pyridine rings is 1. The fraction of sp³-hybridized carbons (Fsp3) is 0.154. The molecule has 0 amide bonds. The Morgan fingerprint density at radius 3 is 2.94 bits per heavy atom. The van der Waals surface area contributed by atoms with Crippen molar-refractivity contribution in [2.75, 3.05) is 5.43 Å². The van der Waals surface area contributed by atoms with Crippen molar-refractivity contribution in [3.63, 3.8) is 0 Å². The van der Waals surface area contributed by atoms with Crippen LogP contribution in [0.5, 0.6) is 0 Å². The lowest BCUT2D eigenvalue weighted by molar-refractivity contribution is 1.19. The van der Waals surface area contributed by atoms with Gasteiger partial charge in [-0.25, -0.2) is 10.8 Å². The number of rotatable bonds is 4. The van der Waals surface area contributed by atoms with Gasteiger partial charge in [0.1, 0.15) is 5.82 Å². The van der Waals surface area contributed by atoms with Gasteiger partial charge in [-0.3, -0.25) is 0 Å². The third-order valence-electron chi connectivity index (χ3n) is 2.37. The first-order chi connectivity index (χ1) is 8.28. The molecule has 0 aliphatic carbocycles. The highest BCUT2D eigenvalue weighted by atomic mass is 32.2. The summed E-state index contributed by atoms with van der Waals surface area (Å²) in [5.41, 5.74) is 5.17. The molecule has 0 aliphatic rings. The number of nitrogens with two attached hydrogens (primary N) is 1. The molecule has 2 rings (SSSR count). The third kappa shape index (κ3) is 3.47. The monoisotopic (exact) mass is 245 g/mol. The summed E-state index contributed by atoms with van der Waals surface area (Å²) in [6.45, 7) is 2.11. The first kappa shape index (κ1) is 12.0. The Bertz CT molecular complexity index is 500. The number of aryl methyl sites for hydroxylation is 1. The lowest BCUT2D eigenvalue weighted by Gasteiger charge is -2.04. The van der Waals surface area contributed by atoms with Crippen molar-refractivity contribution in [1.29, 1.82) is 0 Å². The zero-order valence-corrected chi connectivity index (χ0v) is 10.5. The number of nitrogens with one attached hydrogen (secondary N) is 1. The number of thioether (sulfide) groups is 1. The predicted octanol–water partition coefficient (Wildman–Crippen LogP) is 2.97. The van der Waals surface area contributed by atoms with Crippen LogP contribution < -0.4 is 11.3 Å². The lowest BCUT2D eigenvalue weighted by atomic mass is 10.2. The first-order valence-corrected chi connectivity index (χ1v) is 6.37. The summed E-state index contributed by atoms with van der Waals surface area (Å²) in [6, 6.07) is 12.5. The molecule has 1 heterocycles. The van der Waals surface area contributed by atoms with Crippen molar-refractivity contribution >= 4 is 17.6 Å². The molecule has 0 spiro atoms. The van der Waals surface area contributed by atoms with Crippen LogP contribution in [-0.2, 0) is 5.75 Å². The van der Waals surface area contributed by atoms with Crippen LogP contribution in [0.2, 0.25) is 0 Å². The van der Waals surface area contributed by atoms with Gasteiger partial charge in [0.15, 0.2) is 0 Å². The van der Waals surface area contributed by atoms with E-state index in [0.29, 0.717) is 5.82 Å². The van der Waals surface area contributed by atoms with Crippen molar-refractivity contribution in [3.8, 4) is 0 Å². The van der Waals surface area contributed by atoms with Crippen LogP contribution in [-0.4, -0.2) is 4.98 Å². The maximum absolute atomic E-state index is 5.32. The highest BCUT2D eigenvalue weighted by Crippen LogP contribution is 2.24. The summed E-state index contributed by atoms with van der Waals surface area (Å²) in [7, 11) is 0. The summed E-state index contributed by atoms with van der Waals surface area (Å²) >= 11 is 1.78. The van der Waals surface area contributed by atoms with E-state index < -0.39 is 0 Å². The van der Waals surface area contributed by atoms with Crippen LogP contribution in [0.3, 0.4) is 0 Å². The summed E-state index contributed by atoms with van der Waals surface area (Å²) in [5.74, 6) is 6.97.